The molecule has 9 heavy (non-hydrogen) atoms. The summed E-state index contributed by atoms with van der Waals surface area (Å²) in [6.07, 6.45) is 8.41. The van der Waals surface area contributed by atoms with Gasteiger partial charge >= 0.3 is 0 Å². The molecule has 0 saturated heterocycles. The predicted molar refractivity (Wildman–Crippen MR) is 52.0 cm³/mol. The molecule has 0 aliphatic heterocycles. The van der Waals surface area contributed by atoms with E-state index in [1.807, 2.05) is 13.0 Å². The maximum absolute atomic E-state index is 2.39. The van der Waals surface area contributed by atoms with E-state index in [2.05, 4.69) is 47.7 Å². The molecule has 0 saturated carbocycles. The highest BCUT2D eigenvalue weighted by molar-refractivity contribution is 14.1. The fraction of sp³-hybridized carbons (Fsp3) is 0.500. The highest BCUT2D eigenvalue weighted by Gasteiger charge is 1.88. The third-order valence-corrected chi connectivity index (χ3v) is 2.38. The normalized spacial score (nSPS) is 15.4. The molecular formula is C8H13I. The van der Waals surface area contributed by atoms with Crippen LogP contribution in [-0.2, 0) is 0 Å². The molecule has 0 rings (SSSR count). The summed E-state index contributed by atoms with van der Waals surface area (Å²) >= 11 is 2.39. The van der Waals surface area contributed by atoms with Crippen molar-refractivity contribution in [2.75, 3.05) is 4.43 Å². The van der Waals surface area contributed by atoms with E-state index in [-0.39, 0.29) is 0 Å². The summed E-state index contributed by atoms with van der Waals surface area (Å²) in [5.74, 6) is 0.710. The van der Waals surface area contributed by atoms with Gasteiger partial charge in [-0.05, 0) is 12.8 Å². The first-order valence-corrected chi connectivity index (χ1v) is 4.69. The maximum atomic E-state index is 2.39. The third-order valence-electron chi connectivity index (χ3n) is 0.987. The van der Waals surface area contributed by atoms with Gasteiger partial charge in [-0.2, -0.15) is 0 Å². The Morgan fingerprint density at radius 1 is 1.44 bits per heavy atom. The number of allylic oxidation sites excluding steroid dienone is 4. The second-order valence-electron chi connectivity index (χ2n) is 2.04. The van der Waals surface area contributed by atoms with Crippen LogP contribution in [0.4, 0.5) is 0 Å². The van der Waals surface area contributed by atoms with Gasteiger partial charge in [-0.15, -0.1) is 0 Å². The summed E-state index contributed by atoms with van der Waals surface area (Å²) in [5.41, 5.74) is 0. The first-order valence-electron chi connectivity index (χ1n) is 3.16. The van der Waals surface area contributed by atoms with Crippen LogP contribution >= 0.6 is 22.6 Å². The fourth-order valence-electron chi connectivity index (χ4n) is 0.416. The van der Waals surface area contributed by atoms with Gasteiger partial charge in [0.15, 0.2) is 0 Å². The Morgan fingerprint density at radius 2 is 2.11 bits per heavy atom. The van der Waals surface area contributed by atoms with Crippen molar-refractivity contribution < 1.29 is 0 Å². The van der Waals surface area contributed by atoms with E-state index in [0.717, 1.165) is 0 Å². The van der Waals surface area contributed by atoms with Gasteiger partial charge in [-0.25, -0.2) is 0 Å². The number of rotatable bonds is 3. The van der Waals surface area contributed by atoms with Crippen LogP contribution in [0, 0.1) is 5.92 Å². The smallest absolute Gasteiger partial charge is 0.00558 e. The fourth-order valence-corrected chi connectivity index (χ4v) is 0.710. The van der Waals surface area contributed by atoms with E-state index in [1.165, 1.54) is 4.43 Å². The zero-order valence-corrected chi connectivity index (χ0v) is 8.13. The molecule has 0 amide bonds. The number of hydrogen-bond donors (Lipinski definition) is 0. The summed E-state index contributed by atoms with van der Waals surface area (Å²) in [7, 11) is 0. The van der Waals surface area contributed by atoms with Crippen LogP contribution in [-0.4, -0.2) is 4.43 Å². The van der Waals surface area contributed by atoms with Crippen LogP contribution in [0.2, 0.25) is 0 Å². The lowest BCUT2D eigenvalue weighted by Crippen LogP contribution is -1.86. The monoisotopic (exact) mass is 236 g/mol. The van der Waals surface area contributed by atoms with Gasteiger partial charge in [0.05, 0.1) is 0 Å². The van der Waals surface area contributed by atoms with E-state index >= 15 is 0 Å². The summed E-state index contributed by atoms with van der Waals surface area (Å²) < 4.78 is 1.20. The summed E-state index contributed by atoms with van der Waals surface area (Å²) in [6, 6.07) is 0. The number of alkyl halides is 1. The standard InChI is InChI=1S/C8H13I/c1-3-4-5-6-8(2)7-9/h3-6,8H,7H2,1-2H3/b4-3+,6-5-/t8-/m1/s1. The van der Waals surface area contributed by atoms with Gasteiger partial charge in [0, 0.05) is 4.43 Å². The van der Waals surface area contributed by atoms with Crippen molar-refractivity contribution in [3.8, 4) is 0 Å². The molecule has 0 unspecified atom stereocenters. The van der Waals surface area contributed by atoms with Gasteiger partial charge < -0.3 is 0 Å². The Balaban J connectivity index is 3.43. The average Bonchev–Trinajstić information content (AvgIpc) is 1.89. The Morgan fingerprint density at radius 3 is 2.56 bits per heavy atom. The van der Waals surface area contributed by atoms with Crippen LogP contribution in [0.1, 0.15) is 13.8 Å². The van der Waals surface area contributed by atoms with Crippen LogP contribution in [0.5, 0.6) is 0 Å². The van der Waals surface area contributed by atoms with Crippen molar-refractivity contribution in [2.24, 2.45) is 5.92 Å². The van der Waals surface area contributed by atoms with Crippen molar-refractivity contribution in [1.29, 1.82) is 0 Å². The van der Waals surface area contributed by atoms with Gasteiger partial charge in [0.1, 0.15) is 0 Å². The molecule has 0 heterocycles. The maximum Gasteiger partial charge on any atom is 0.00558 e. The summed E-state index contributed by atoms with van der Waals surface area (Å²) in [5, 5.41) is 0. The first kappa shape index (κ1) is 9.21. The largest absolute Gasteiger partial charge is 0.0877 e. The molecule has 0 aliphatic carbocycles. The van der Waals surface area contributed by atoms with Crippen LogP contribution in [0.3, 0.4) is 0 Å². The third kappa shape index (κ3) is 6.09. The highest BCUT2D eigenvalue weighted by Crippen LogP contribution is 2.01. The number of hydrogen-bond acceptors (Lipinski definition) is 0. The van der Waals surface area contributed by atoms with E-state index < -0.39 is 0 Å². The molecular weight excluding hydrogens is 223 g/mol. The average molecular weight is 236 g/mol. The molecule has 52 valence electrons. The van der Waals surface area contributed by atoms with E-state index in [1.54, 1.807) is 0 Å². The van der Waals surface area contributed by atoms with Crippen molar-refractivity contribution in [2.45, 2.75) is 13.8 Å². The predicted octanol–water partition coefficient (Wildman–Crippen LogP) is 3.19. The molecule has 0 nitrogen and oxygen atoms in total. The minimum atomic E-state index is 0.710. The molecule has 0 spiro atoms. The van der Waals surface area contributed by atoms with Crippen molar-refractivity contribution >= 4 is 22.6 Å². The van der Waals surface area contributed by atoms with Crippen LogP contribution in [0.15, 0.2) is 24.3 Å². The highest BCUT2D eigenvalue weighted by atomic mass is 127. The number of halogens is 1. The molecule has 1 atom stereocenters. The van der Waals surface area contributed by atoms with Gasteiger partial charge in [0.2, 0.25) is 0 Å². The van der Waals surface area contributed by atoms with Crippen molar-refractivity contribution in [3.63, 3.8) is 0 Å². The molecule has 0 N–H and O–H groups in total. The van der Waals surface area contributed by atoms with Crippen molar-refractivity contribution in [1.82, 2.24) is 0 Å². The molecule has 0 radical (unpaired) electrons. The Hall–Kier alpha value is 0.210. The second kappa shape index (κ2) is 6.33. The van der Waals surface area contributed by atoms with Gasteiger partial charge in [0.25, 0.3) is 0 Å². The van der Waals surface area contributed by atoms with E-state index in [0.29, 0.717) is 5.92 Å². The van der Waals surface area contributed by atoms with E-state index in [9.17, 15) is 0 Å². The zero-order chi connectivity index (χ0) is 7.11. The molecule has 0 aromatic heterocycles. The molecule has 0 fully saturated rings. The first-order chi connectivity index (χ1) is 4.31. The SMILES string of the molecule is C/C=C/C=C\[C@@H](C)CI. The quantitative estimate of drug-likeness (QED) is 0.401. The second-order valence-corrected chi connectivity index (χ2v) is 2.92. The zero-order valence-electron chi connectivity index (χ0n) is 5.97. The Labute approximate surface area is 71.2 Å². The molecule has 0 bridgehead atoms. The Kier molecular flexibility index (Phi) is 6.48. The molecule has 1 heteroatoms. The lowest BCUT2D eigenvalue weighted by atomic mass is 10.2. The topological polar surface area (TPSA) is 0 Å². The molecule has 0 aliphatic rings. The van der Waals surface area contributed by atoms with Crippen molar-refractivity contribution in [3.05, 3.63) is 24.3 Å². The molecule has 0 aromatic rings. The van der Waals surface area contributed by atoms with Crippen LogP contribution < -0.4 is 0 Å². The van der Waals surface area contributed by atoms with Gasteiger partial charge in [-0.3, -0.25) is 0 Å². The summed E-state index contributed by atoms with van der Waals surface area (Å²) in [4.78, 5) is 0. The minimum Gasteiger partial charge on any atom is -0.0877 e. The Bertz CT molecular complexity index is 103. The van der Waals surface area contributed by atoms with E-state index in [4.69, 9.17) is 0 Å². The molecule has 0 aromatic carbocycles. The summed E-state index contributed by atoms with van der Waals surface area (Å²) in [6.45, 7) is 4.24. The lowest BCUT2D eigenvalue weighted by Gasteiger charge is -1.94. The minimum absolute atomic E-state index is 0.710. The van der Waals surface area contributed by atoms with Gasteiger partial charge in [-0.1, -0.05) is 53.8 Å². The lowest BCUT2D eigenvalue weighted by molar-refractivity contribution is 0.862. The van der Waals surface area contributed by atoms with Crippen LogP contribution in [0.25, 0.3) is 0 Å².